The summed E-state index contributed by atoms with van der Waals surface area (Å²) in [4.78, 5) is 12.9. The van der Waals surface area contributed by atoms with Crippen LogP contribution in [0.1, 0.15) is 41.6 Å². The summed E-state index contributed by atoms with van der Waals surface area (Å²) in [5, 5.41) is 0. The van der Waals surface area contributed by atoms with Crippen molar-refractivity contribution >= 4 is 5.78 Å². The first-order valence-electron chi connectivity index (χ1n) is 7.55. The quantitative estimate of drug-likeness (QED) is 0.569. The van der Waals surface area contributed by atoms with Gasteiger partial charge in [0.05, 0.1) is 0 Å². The number of allylic oxidation sites excluding steroid dienone is 2. The number of hydrogen-bond acceptors (Lipinski definition) is 1. The van der Waals surface area contributed by atoms with Crippen molar-refractivity contribution in [1.82, 2.24) is 0 Å². The molecule has 21 heavy (non-hydrogen) atoms. The summed E-state index contributed by atoms with van der Waals surface area (Å²) in [5.41, 5.74) is 3.50. The predicted octanol–water partition coefficient (Wildman–Crippen LogP) is 5.01. The van der Waals surface area contributed by atoms with Crippen molar-refractivity contribution in [2.75, 3.05) is 0 Å². The second-order valence-electron chi connectivity index (χ2n) is 5.84. The van der Waals surface area contributed by atoms with Gasteiger partial charge in [0, 0.05) is 11.5 Å². The Bertz CT molecular complexity index is 640. The molecular weight excluding hydrogens is 256 g/mol. The topological polar surface area (TPSA) is 17.1 Å². The molecule has 0 radical (unpaired) electrons. The fourth-order valence-electron chi connectivity index (χ4n) is 3.22. The molecule has 106 valence electrons. The highest BCUT2D eigenvalue weighted by Crippen LogP contribution is 2.39. The number of benzene rings is 2. The minimum absolute atomic E-state index is 0.0542. The summed E-state index contributed by atoms with van der Waals surface area (Å²) < 4.78 is 0. The smallest absolute Gasteiger partial charge is 0.166 e. The zero-order valence-electron chi connectivity index (χ0n) is 12.3. The van der Waals surface area contributed by atoms with Crippen molar-refractivity contribution in [2.24, 2.45) is 5.92 Å². The van der Waals surface area contributed by atoms with Crippen LogP contribution >= 0.6 is 0 Å². The molecule has 2 atom stereocenters. The highest BCUT2D eigenvalue weighted by Gasteiger charge is 2.31. The molecule has 0 bridgehead atoms. The number of hydrogen-bond donors (Lipinski definition) is 0. The lowest BCUT2D eigenvalue weighted by molar-refractivity contribution is 0.0896. The van der Waals surface area contributed by atoms with Crippen molar-refractivity contribution in [2.45, 2.75) is 25.7 Å². The molecule has 0 aromatic heterocycles. The first kappa shape index (κ1) is 13.8. The van der Waals surface area contributed by atoms with Crippen molar-refractivity contribution < 1.29 is 4.79 Å². The van der Waals surface area contributed by atoms with Crippen LogP contribution in [-0.2, 0) is 0 Å². The Kier molecular flexibility index (Phi) is 4.01. The number of carbonyl (C=O) groups is 1. The molecule has 0 amide bonds. The van der Waals surface area contributed by atoms with Gasteiger partial charge in [0.2, 0.25) is 0 Å². The number of Topliss-reactive ketones (excluding diaryl/α,β-unsaturated/α-hetero) is 1. The standard InChI is InChI=1S/C20H20O/c1-15-12-13-18(20(21)17-10-6-3-7-11-17)19(14-15)16-8-4-2-5-9-16/h2-12,18-19H,13-14H2,1H3/t18-,19+/m1/s1. The summed E-state index contributed by atoms with van der Waals surface area (Å²) in [5.74, 6) is 0.621. The monoisotopic (exact) mass is 276 g/mol. The molecule has 0 spiro atoms. The molecule has 0 aliphatic heterocycles. The van der Waals surface area contributed by atoms with Gasteiger partial charge in [-0.3, -0.25) is 4.79 Å². The summed E-state index contributed by atoms with van der Waals surface area (Å²) in [6, 6.07) is 20.1. The maximum atomic E-state index is 12.9. The Balaban J connectivity index is 1.93. The fraction of sp³-hybridized carbons (Fsp3) is 0.250. The molecule has 1 aliphatic rings. The Labute approximate surface area is 126 Å². The van der Waals surface area contributed by atoms with E-state index in [9.17, 15) is 4.79 Å². The van der Waals surface area contributed by atoms with E-state index in [0.29, 0.717) is 5.92 Å². The Morgan fingerprint density at radius 3 is 2.24 bits per heavy atom. The van der Waals surface area contributed by atoms with Crippen LogP contribution < -0.4 is 0 Å². The van der Waals surface area contributed by atoms with Gasteiger partial charge in [-0.15, -0.1) is 0 Å². The van der Waals surface area contributed by atoms with Gasteiger partial charge in [-0.2, -0.15) is 0 Å². The molecule has 0 fully saturated rings. The van der Waals surface area contributed by atoms with Crippen molar-refractivity contribution in [3.8, 4) is 0 Å². The number of ketones is 1. The predicted molar refractivity (Wildman–Crippen MR) is 86.4 cm³/mol. The minimum atomic E-state index is 0.0542. The second kappa shape index (κ2) is 6.09. The van der Waals surface area contributed by atoms with Crippen molar-refractivity contribution in [3.63, 3.8) is 0 Å². The van der Waals surface area contributed by atoms with E-state index in [1.807, 2.05) is 36.4 Å². The first-order chi connectivity index (χ1) is 10.3. The molecule has 2 aromatic rings. The molecule has 1 nitrogen and oxygen atoms in total. The summed E-state index contributed by atoms with van der Waals surface area (Å²) in [6.45, 7) is 2.17. The zero-order chi connectivity index (χ0) is 14.7. The van der Waals surface area contributed by atoms with Crippen molar-refractivity contribution in [1.29, 1.82) is 0 Å². The first-order valence-corrected chi connectivity index (χ1v) is 7.55. The van der Waals surface area contributed by atoms with Crippen LogP contribution in [0.5, 0.6) is 0 Å². The van der Waals surface area contributed by atoms with E-state index in [1.54, 1.807) is 0 Å². The zero-order valence-corrected chi connectivity index (χ0v) is 12.3. The maximum Gasteiger partial charge on any atom is 0.166 e. The average Bonchev–Trinajstić information content (AvgIpc) is 2.56. The molecule has 2 aromatic carbocycles. The fourth-order valence-corrected chi connectivity index (χ4v) is 3.22. The van der Waals surface area contributed by atoms with E-state index in [0.717, 1.165) is 18.4 Å². The number of carbonyl (C=O) groups excluding carboxylic acids is 1. The van der Waals surface area contributed by atoms with Crippen LogP contribution in [0.25, 0.3) is 0 Å². The van der Waals surface area contributed by atoms with Gasteiger partial charge in [0.25, 0.3) is 0 Å². The van der Waals surface area contributed by atoms with Gasteiger partial charge >= 0.3 is 0 Å². The molecule has 1 heteroatoms. The summed E-state index contributed by atoms with van der Waals surface area (Å²) in [6.07, 6.45) is 4.05. The third-order valence-electron chi connectivity index (χ3n) is 4.37. The number of rotatable bonds is 3. The van der Waals surface area contributed by atoms with Crippen molar-refractivity contribution in [3.05, 3.63) is 83.4 Å². The maximum absolute atomic E-state index is 12.9. The van der Waals surface area contributed by atoms with E-state index in [-0.39, 0.29) is 11.7 Å². The van der Waals surface area contributed by atoms with Crippen LogP contribution in [-0.4, -0.2) is 5.78 Å². The Morgan fingerprint density at radius 1 is 0.952 bits per heavy atom. The molecule has 1 aliphatic carbocycles. The normalized spacial score (nSPS) is 21.7. The lowest BCUT2D eigenvalue weighted by Crippen LogP contribution is -2.25. The summed E-state index contributed by atoms with van der Waals surface area (Å²) in [7, 11) is 0. The van der Waals surface area contributed by atoms with E-state index in [1.165, 1.54) is 11.1 Å². The lowest BCUT2D eigenvalue weighted by Gasteiger charge is -2.30. The van der Waals surface area contributed by atoms with Crippen LogP contribution in [0.2, 0.25) is 0 Å². The van der Waals surface area contributed by atoms with Gasteiger partial charge in [-0.05, 0) is 31.2 Å². The summed E-state index contributed by atoms with van der Waals surface area (Å²) >= 11 is 0. The van der Waals surface area contributed by atoms with Gasteiger partial charge in [0.1, 0.15) is 0 Å². The molecular formula is C20H20O. The van der Waals surface area contributed by atoms with Gasteiger partial charge in [-0.25, -0.2) is 0 Å². The van der Waals surface area contributed by atoms with Gasteiger partial charge in [-0.1, -0.05) is 72.3 Å². The van der Waals surface area contributed by atoms with Gasteiger partial charge in [0.15, 0.2) is 5.78 Å². The minimum Gasteiger partial charge on any atom is -0.294 e. The highest BCUT2D eigenvalue weighted by atomic mass is 16.1. The van der Waals surface area contributed by atoms with E-state index < -0.39 is 0 Å². The largest absolute Gasteiger partial charge is 0.294 e. The van der Waals surface area contributed by atoms with Crippen LogP contribution in [0.4, 0.5) is 0 Å². The Morgan fingerprint density at radius 2 is 1.57 bits per heavy atom. The van der Waals surface area contributed by atoms with Gasteiger partial charge < -0.3 is 0 Å². The van der Waals surface area contributed by atoms with Crippen LogP contribution in [0.3, 0.4) is 0 Å². The molecule has 3 rings (SSSR count). The van der Waals surface area contributed by atoms with E-state index in [2.05, 4.69) is 37.3 Å². The molecule has 0 unspecified atom stereocenters. The molecule has 0 saturated carbocycles. The third-order valence-corrected chi connectivity index (χ3v) is 4.37. The highest BCUT2D eigenvalue weighted by molar-refractivity contribution is 5.98. The van der Waals surface area contributed by atoms with E-state index in [4.69, 9.17) is 0 Å². The van der Waals surface area contributed by atoms with Crippen LogP contribution in [0, 0.1) is 5.92 Å². The molecule has 0 saturated heterocycles. The molecule has 0 N–H and O–H groups in total. The van der Waals surface area contributed by atoms with Crippen LogP contribution in [0.15, 0.2) is 72.3 Å². The molecule has 0 heterocycles. The average molecular weight is 276 g/mol. The second-order valence-corrected chi connectivity index (χ2v) is 5.84. The lowest BCUT2D eigenvalue weighted by atomic mass is 9.73. The SMILES string of the molecule is CC1=CC[C@@H](C(=O)c2ccccc2)[C@H](c2ccccc2)C1. The third kappa shape index (κ3) is 2.97. The Hall–Kier alpha value is -2.15. The van der Waals surface area contributed by atoms with E-state index >= 15 is 0 Å².